The summed E-state index contributed by atoms with van der Waals surface area (Å²) in [6, 6.07) is 14.3. The van der Waals surface area contributed by atoms with E-state index in [0.29, 0.717) is 16.9 Å². The van der Waals surface area contributed by atoms with Crippen LogP contribution in [0.25, 0.3) is 10.9 Å². The number of ether oxygens (including phenoxy) is 2. The zero-order valence-corrected chi connectivity index (χ0v) is 19.3. The Labute approximate surface area is 208 Å². The number of hydrogen-bond acceptors (Lipinski definition) is 5. The number of carbonyl (C=O) groups excluding carboxylic acids is 2. The third kappa shape index (κ3) is 5.35. The maximum Gasteiger partial charge on any atom is 0.491 e. The molecule has 3 aromatic rings. The molecule has 2 fully saturated rings. The number of hydrogen-bond donors (Lipinski definition) is 0. The quantitative estimate of drug-likeness (QED) is 0.328. The van der Waals surface area contributed by atoms with E-state index in [1.165, 1.54) is 17.0 Å². The van der Waals surface area contributed by atoms with Gasteiger partial charge < -0.3 is 14.4 Å². The van der Waals surface area contributed by atoms with E-state index in [9.17, 15) is 31.5 Å². The summed E-state index contributed by atoms with van der Waals surface area (Å²) in [5, 5.41) is 0.308. The van der Waals surface area contributed by atoms with E-state index < -0.39 is 54.7 Å². The number of pyridine rings is 1. The summed E-state index contributed by atoms with van der Waals surface area (Å²) >= 11 is 0. The van der Waals surface area contributed by atoms with Crippen molar-refractivity contribution >= 4 is 22.8 Å². The summed E-state index contributed by atoms with van der Waals surface area (Å²) in [6.45, 7) is -0.777. The number of aromatic nitrogens is 1. The second-order valence-corrected chi connectivity index (χ2v) is 9.14. The van der Waals surface area contributed by atoms with Crippen LogP contribution >= 0.6 is 0 Å². The zero-order valence-electron chi connectivity index (χ0n) is 19.3. The number of likely N-dealkylation sites (tertiary alicyclic amines) is 1. The van der Waals surface area contributed by atoms with Crippen molar-refractivity contribution in [1.82, 2.24) is 9.88 Å². The number of amides is 1. The molecule has 1 aliphatic carbocycles. The van der Waals surface area contributed by atoms with Crippen molar-refractivity contribution in [2.75, 3.05) is 13.1 Å². The topological polar surface area (TPSA) is 68.7 Å². The van der Waals surface area contributed by atoms with E-state index in [2.05, 4.69) is 9.72 Å². The minimum absolute atomic E-state index is 0.230. The predicted molar refractivity (Wildman–Crippen MR) is 122 cm³/mol. The van der Waals surface area contributed by atoms with Crippen LogP contribution in [0.2, 0.25) is 0 Å². The Balaban J connectivity index is 1.42. The molecular formula is C26H21F5N2O4. The van der Waals surface area contributed by atoms with E-state index >= 15 is 0 Å². The van der Waals surface area contributed by atoms with E-state index in [0.717, 1.165) is 24.5 Å². The highest BCUT2D eigenvalue weighted by Gasteiger charge is 2.48. The summed E-state index contributed by atoms with van der Waals surface area (Å²) in [7, 11) is 0. The van der Waals surface area contributed by atoms with Crippen LogP contribution in [0.4, 0.5) is 22.0 Å². The van der Waals surface area contributed by atoms with Crippen molar-refractivity contribution in [3.8, 4) is 11.6 Å². The molecule has 1 amide bonds. The van der Waals surface area contributed by atoms with Gasteiger partial charge in [0.25, 0.3) is 17.7 Å². The molecule has 6 nitrogen and oxygen atoms in total. The maximum absolute atomic E-state index is 14.9. The van der Waals surface area contributed by atoms with Crippen molar-refractivity contribution in [3.05, 3.63) is 65.7 Å². The van der Waals surface area contributed by atoms with Crippen LogP contribution in [-0.4, -0.2) is 53.1 Å². The molecule has 0 bridgehead atoms. The highest BCUT2D eigenvalue weighted by Crippen LogP contribution is 2.41. The SMILES string of the molecule is O=C(c1cccc(C2CC2)c1)N1CCC(F)(F)C(Oc2nc3ccccc3cc2OC(=O)C(F)(F)F)C1. The molecule has 1 unspecified atom stereocenters. The Kier molecular flexibility index (Phi) is 6.25. The van der Waals surface area contributed by atoms with Crippen LogP contribution in [0.1, 0.15) is 41.1 Å². The Morgan fingerprint density at radius 2 is 1.78 bits per heavy atom. The molecule has 5 rings (SSSR count). The number of carbonyl (C=O) groups is 2. The van der Waals surface area contributed by atoms with Crippen LogP contribution in [0.3, 0.4) is 0 Å². The summed E-state index contributed by atoms with van der Waals surface area (Å²) < 4.78 is 78.2. The molecule has 11 heteroatoms. The van der Waals surface area contributed by atoms with Gasteiger partial charge in [0.15, 0.2) is 11.9 Å². The monoisotopic (exact) mass is 520 g/mol. The number of piperidine rings is 1. The zero-order chi connectivity index (χ0) is 26.4. The highest BCUT2D eigenvalue weighted by molar-refractivity contribution is 5.94. The van der Waals surface area contributed by atoms with Crippen molar-refractivity contribution in [2.24, 2.45) is 0 Å². The number of halogens is 5. The van der Waals surface area contributed by atoms with Crippen LogP contribution in [0.15, 0.2) is 54.6 Å². The molecule has 0 radical (unpaired) electrons. The van der Waals surface area contributed by atoms with Gasteiger partial charge in [0, 0.05) is 23.9 Å². The highest BCUT2D eigenvalue weighted by atomic mass is 19.4. The average Bonchev–Trinajstić information content (AvgIpc) is 3.70. The van der Waals surface area contributed by atoms with Gasteiger partial charge in [-0.2, -0.15) is 13.2 Å². The first kappa shape index (κ1) is 24.9. The van der Waals surface area contributed by atoms with Crippen molar-refractivity contribution < 1.29 is 41.0 Å². The molecular weight excluding hydrogens is 499 g/mol. The number of nitrogens with zero attached hydrogens (tertiary/aromatic N) is 2. The van der Waals surface area contributed by atoms with E-state index in [-0.39, 0.29) is 12.1 Å². The molecule has 2 aliphatic rings. The molecule has 0 N–H and O–H groups in total. The molecule has 1 aromatic heterocycles. The van der Waals surface area contributed by atoms with Crippen LogP contribution < -0.4 is 9.47 Å². The lowest BCUT2D eigenvalue weighted by Gasteiger charge is -2.38. The first-order chi connectivity index (χ1) is 17.5. The van der Waals surface area contributed by atoms with Gasteiger partial charge in [-0.15, -0.1) is 0 Å². The molecule has 0 spiro atoms. The van der Waals surface area contributed by atoms with Gasteiger partial charge in [0.05, 0.1) is 12.1 Å². The fourth-order valence-corrected chi connectivity index (χ4v) is 4.23. The Bertz CT molecular complexity index is 1360. The summed E-state index contributed by atoms with van der Waals surface area (Å²) in [5.41, 5.74) is 1.60. The van der Waals surface area contributed by atoms with Gasteiger partial charge in [-0.25, -0.2) is 18.6 Å². The molecule has 1 aliphatic heterocycles. The minimum atomic E-state index is -5.32. The van der Waals surface area contributed by atoms with Crippen molar-refractivity contribution in [3.63, 3.8) is 0 Å². The lowest BCUT2D eigenvalue weighted by Crippen LogP contribution is -2.55. The second kappa shape index (κ2) is 9.28. The maximum atomic E-state index is 14.9. The van der Waals surface area contributed by atoms with Crippen LogP contribution in [-0.2, 0) is 4.79 Å². The third-order valence-corrected chi connectivity index (χ3v) is 6.39. The Morgan fingerprint density at radius 1 is 1.03 bits per heavy atom. The van der Waals surface area contributed by atoms with E-state index in [1.807, 2.05) is 6.07 Å². The fraction of sp³-hybridized carbons (Fsp3) is 0.346. The van der Waals surface area contributed by atoms with Gasteiger partial charge in [-0.3, -0.25) is 4.79 Å². The van der Waals surface area contributed by atoms with Crippen LogP contribution in [0, 0.1) is 0 Å². The summed E-state index contributed by atoms with van der Waals surface area (Å²) in [4.78, 5) is 29.9. The first-order valence-electron chi connectivity index (χ1n) is 11.6. The van der Waals surface area contributed by atoms with Gasteiger partial charge in [0.1, 0.15) is 0 Å². The number of fused-ring (bicyclic) bond motifs is 1. The lowest BCUT2D eigenvalue weighted by atomic mass is 10.0. The third-order valence-electron chi connectivity index (χ3n) is 6.39. The van der Waals surface area contributed by atoms with Crippen molar-refractivity contribution in [2.45, 2.75) is 43.4 Å². The van der Waals surface area contributed by atoms with Gasteiger partial charge in [-0.1, -0.05) is 30.3 Å². The number of benzene rings is 2. The molecule has 1 saturated carbocycles. The Hall–Kier alpha value is -3.76. The van der Waals surface area contributed by atoms with Gasteiger partial charge in [0.2, 0.25) is 0 Å². The van der Waals surface area contributed by atoms with Crippen LogP contribution in [0.5, 0.6) is 11.6 Å². The lowest BCUT2D eigenvalue weighted by molar-refractivity contribution is -0.190. The van der Waals surface area contributed by atoms with Gasteiger partial charge >= 0.3 is 12.1 Å². The molecule has 194 valence electrons. The minimum Gasteiger partial charge on any atom is -0.463 e. The standard InChI is InChI=1S/C26H21F5N2O4/c27-25(28)10-11-33(23(34)18-6-3-5-16(12-18)15-8-9-15)14-21(25)37-22-20(36-24(35)26(29,30)31)13-17-4-1-2-7-19(17)32-22/h1-7,12-13,15,21H,8-11,14H2. The normalized spacial score (nSPS) is 19.5. The largest absolute Gasteiger partial charge is 0.491 e. The number of alkyl halides is 5. The van der Waals surface area contributed by atoms with Crippen molar-refractivity contribution in [1.29, 1.82) is 0 Å². The number of para-hydroxylation sites is 1. The molecule has 1 atom stereocenters. The molecule has 2 heterocycles. The van der Waals surface area contributed by atoms with E-state index in [4.69, 9.17) is 4.74 Å². The summed E-state index contributed by atoms with van der Waals surface area (Å²) in [5.74, 6) is -7.49. The second-order valence-electron chi connectivity index (χ2n) is 9.14. The molecule has 1 saturated heterocycles. The Morgan fingerprint density at radius 3 is 2.51 bits per heavy atom. The fourth-order valence-electron chi connectivity index (χ4n) is 4.23. The van der Waals surface area contributed by atoms with E-state index in [1.54, 1.807) is 30.3 Å². The summed E-state index contributed by atoms with van der Waals surface area (Å²) in [6.07, 6.45) is -5.92. The smallest absolute Gasteiger partial charge is 0.463 e. The van der Waals surface area contributed by atoms with Gasteiger partial charge in [-0.05, 0) is 48.6 Å². The first-order valence-corrected chi connectivity index (χ1v) is 11.6. The predicted octanol–water partition coefficient (Wildman–Crippen LogP) is 5.51. The number of rotatable bonds is 5. The average molecular weight is 520 g/mol. The molecule has 37 heavy (non-hydrogen) atoms. The number of esters is 1. The molecule has 2 aromatic carbocycles.